The molecule has 6 heteroatoms. The molecule has 0 aliphatic heterocycles. The third-order valence-electron chi connectivity index (χ3n) is 6.51. The van der Waals surface area contributed by atoms with Gasteiger partial charge < -0.3 is 4.74 Å². The van der Waals surface area contributed by atoms with E-state index >= 15 is 0 Å². The second kappa shape index (κ2) is 6.48. The molecule has 3 aliphatic rings. The van der Waals surface area contributed by atoms with E-state index in [4.69, 9.17) is 4.74 Å². The number of hydrogen-bond donors (Lipinski definition) is 0. The van der Waals surface area contributed by atoms with Gasteiger partial charge in [0.1, 0.15) is 6.61 Å². The van der Waals surface area contributed by atoms with Gasteiger partial charge in [-0.05, 0) is 62.7 Å². The third-order valence-corrected chi connectivity index (χ3v) is 7.65. The Morgan fingerprint density at radius 1 is 1.27 bits per heavy atom. The summed E-state index contributed by atoms with van der Waals surface area (Å²) in [7, 11) is 0. The minimum atomic E-state index is -0.143. The van der Waals surface area contributed by atoms with Crippen molar-refractivity contribution in [2.24, 2.45) is 17.8 Å². The number of esters is 1. The number of carbonyl (C=O) groups excluding carboxylic acids is 1. The van der Waals surface area contributed by atoms with Gasteiger partial charge in [-0.15, -0.1) is 11.3 Å². The number of aromatic nitrogens is 2. The molecular formula is C20H24N2O3S. The quantitative estimate of drug-likeness (QED) is 0.771. The number of aryl methyl sites for hydroxylation is 2. The highest BCUT2D eigenvalue weighted by Gasteiger charge is 2.40. The van der Waals surface area contributed by atoms with Gasteiger partial charge in [-0.25, -0.2) is 4.98 Å². The number of thiazole rings is 1. The molecule has 0 radical (unpaired) electrons. The molecule has 0 amide bonds. The molecule has 0 N–H and O–H groups in total. The molecule has 3 atom stereocenters. The molecular weight excluding hydrogens is 348 g/mol. The largest absolute Gasteiger partial charge is 0.459 e. The molecule has 5 rings (SSSR count). The summed E-state index contributed by atoms with van der Waals surface area (Å²) in [5.41, 5.74) is 1.65. The Hall–Kier alpha value is -1.69. The van der Waals surface area contributed by atoms with Gasteiger partial charge >= 0.3 is 5.97 Å². The molecule has 26 heavy (non-hydrogen) atoms. The first-order chi connectivity index (χ1) is 12.7. The first-order valence-electron chi connectivity index (χ1n) is 9.86. The number of nitrogens with zero attached hydrogens (tertiary/aromatic N) is 2. The summed E-state index contributed by atoms with van der Waals surface area (Å²) in [6.07, 6.45) is 9.94. The Labute approximate surface area is 156 Å². The highest BCUT2D eigenvalue weighted by Crippen LogP contribution is 2.49. The van der Waals surface area contributed by atoms with Crippen LogP contribution in [0.1, 0.15) is 61.2 Å². The van der Waals surface area contributed by atoms with E-state index in [1.54, 1.807) is 15.7 Å². The van der Waals surface area contributed by atoms with Crippen molar-refractivity contribution in [1.82, 2.24) is 9.38 Å². The molecule has 5 nitrogen and oxygen atoms in total. The van der Waals surface area contributed by atoms with Crippen LogP contribution < -0.4 is 5.56 Å². The van der Waals surface area contributed by atoms with Crippen LogP contribution in [0.5, 0.6) is 0 Å². The molecule has 0 spiro atoms. The van der Waals surface area contributed by atoms with Crippen LogP contribution in [-0.4, -0.2) is 15.4 Å². The predicted molar refractivity (Wildman–Crippen MR) is 99.3 cm³/mol. The zero-order chi connectivity index (χ0) is 17.7. The monoisotopic (exact) mass is 372 g/mol. The fourth-order valence-corrected chi connectivity index (χ4v) is 6.50. The Balaban J connectivity index is 1.27. The van der Waals surface area contributed by atoms with Crippen molar-refractivity contribution in [2.75, 3.05) is 0 Å². The Kier molecular flexibility index (Phi) is 4.11. The standard InChI is InChI=1S/C20H24N2O3S/c23-18-10-15(21-20-22(18)16-3-1-2-4-17(16)26-20)11-25-19(24)9-14-8-12-5-6-13(14)7-12/h10,12-14H,1-9,11H2/t12-,13+,14-/m0/s1. The third kappa shape index (κ3) is 2.88. The topological polar surface area (TPSA) is 60.7 Å². The van der Waals surface area contributed by atoms with Crippen LogP contribution >= 0.6 is 11.3 Å². The molecule has 0 aromatic carbocycles. The second-order valence-corrected chi connectivity index (χ2v) is 9.24. The summed E-state index contributed by atoms with van der Waals surface area (Å²) in [5.74, 6) is 1.93. The number of hydrogen-bond acceptors (Lipinski definition) is 5. The van der Waals surface area contributed by atoms with Crippen LogP contribution in [0.25, 0.3) is 4.96 Å². The van der Waals surface area contributed by atoms with Crippen LogP contribution in [0, 0.1) is 17.8 Å². The van der Waals surface area contributed by atoms with Crippen molar-refractivity contribution in [1.29, 1.82) is 0 Å². The molecule has 0 saturated heterocycles. The predicted octanol–water partition coefficient (Wildman–Crippen LogP) is 3.50. The van der Waals surface area contributed by atoms with Gasteiger partial charge in [-0.3, -0.25) is 14.0 Å². The molecule has 2 heterocycles. The summed E-state index contributed by atoms with van der Waals surface area (Å²) >= 11 is 1.61. The maximum atomic E-state index is 12.5. The Morgan fingerprint density at radius 3 is 2.96 bits per heavy atom. The van der Waals surface area contributed by atoms with E-state index in [9.17, 15) is 9.59 Å². The highest BCUT2D eigenvalue weighted by molar-refractivity contribution is 7.17. The lowest BCUT2D eigenvalue weighted by Crippen LogP contribution is -2.20. The van der Waals surface area contributed by atoms with Crippen LogP contribution in [0.3, 0.4) is 0 Å². The van der Waals surface area contributed by atoms with Crippen molar-refractivity contribution in [3.8, 4) is 0 Å². The fourth-order valence-electron chi connectivity index (χ4n) is 5.27. The van der Waals surface area contributed by atoms with Crippen molar-refractivity contribution >= 4 is 22.3 Å². The number of ether oxygens (including phenoxy) is 1. The first-order valence-corrected chi connectivity index (χ1v) is 10.7. The molecule has 2 bridgehead atoms. The van der Waals surface area contributed by atoms with Gasteiger partial charge in [-0.1, -0.05) is 6.42 Å². The zero-order valence-corrected chi connectivity index (χ0v) is 15.7. The van der Waals surface area contributed by atoms with E-state index in [2.05, 4.69) is 4.98 Å². The van der Waals surface area contributed by atoms with Crippen molar-refractivity contribution < 1.29 is 9.53 Å². The van der Waals surface area contributed by atoms with E-state index < -0.39 is 0 Å². The lowest BCUT2D eigenvalue weighted by molar-refractivity contribution is -0.146. The zero-order valence-electron chi connectivity index (χ0n) is 14.9. The molecule has 2 saturated carbocycles. The summed E-state index contributed by atoms with van der Waals surface area (Å²) in [4.78, 5) is 31.4. The lowest BCUT2D eigenvalue weighted by atomic mass is 9.86. The molecule has 2 aromatic rings. The van der Waals surface area contributed by atoms with Gasteiger partial charge in [0.25, 0.3) is 5.56 Å². The van der Waals surface area contributed by atoms with Crippen LogP contribution in [-0.2, 0) is 29.0 Å². The lowest BCUT2D eigenvalue weighted by Gasteiger charge is -2.20. The first kappa shape index (κ1) is 16.5. The average molecular weight is 372 g/mol. The molecule has 2 fully saturated rings. The van der Waals surface area contributed by atoms with Crippen LogP contribution in [0.4, 0.5) is 0 Å². The summed E-state index contributed by atoms with van der Waals surface area (Å²) in [6.45, 7) is 0.105. The molecule has 2 aromatic heterocycles. The number of rotatable bonds is 4. The van der Waals surface area contributed by atoms with Crippen molar-refractivity contribution in [3.63, 3.8) is 0 Å². The van der Waals surface area contributed by atoms with Crippen molar-refractivity contribution in [3.05, 3.63) is 32.7 Å². The second-order valence-electron chi connectivity index (χ2n) is 8.18. The van der Waals surface area contributed by atoms with Crippen LogP contribution in [0.2, 0.25) is 0 Å². The van der Waals surface area contributed by atoms with Gasteiger partial charge in [0, 0.05) is 23.1 Å². The maximum absolute atomic E-state index is 12.5. The van der Waals surface area contributed by atoms with Crippen molar-refractivity contribution in [2.45, 2.75) is 64.4 Å². The Bertz CT molecular complexity index is 916. The van der Waals surface area contributed by atoms with E-state index in [0.29, 0.717) is 18.0 Å². The highest BCUT2D eigenvalue weighted by atomic mass is 32.1. The summed E-state index contributed by atoms with van der Waals surface area (Å²) in [6, 6.07) is 1.53. The molecule has 138 valence electrons. The van der Waals surface area contributed by atoms with Gasteiger partial charge in [-0.2, -0.15) is 0 Å². The SMILES string of the molecule is O=C(C[C@@H]1C[C@H]2CC[C@@H]1C2)OCc1cc(=O)n2c3c(sc2n1)CCCC3. The van der Waals surface area contributed by atoms with Gasteiger partial charge in [0.05, 0.1) is 5.69 Å². The van der Waals surface area contributed by atoms with E-state index in [1.807, 2.05) is 0 Å². The normalized spacial score (nSPS) is 27.0. The van der Waals surface area contributed by atoms with E-state index in [1.165, 1.54) is 43.0 Å². The Morgan fingerprint density at radius 2 is 2.15 bits per heavy atom. The minimum Gasteiger partial charge on any atom is -0.459 e. The van der Waals surface area contributed by atoms with E-state index in [-0.39, 0.29) is 18.1 Å². The smallest absolute Gasteiger partial charge is 0.306 e. The minimum absolute atomic E-state index is 0.0476. The fraction of sp³-hybridized carbons (Fsp3) is 0.650. The van der Waals surface area contributed by atoms with Gasteiger partial charge in [0.15, 0.2) is 4.96 Å². The van der Waals surface area contributed by atoms with Crippen LogP contribution in [0.15, 0.2) is 10.9 Å². The number of carbonyl (C=O) groups is 1. The maximum Gasteiger partial charge on any atom is 0.306 e. The van der Waals surface area contributed by atoms with E-state index in [0.717, 1.165) is 41.8 Å². The summed E-state index contributed by atoms with van der Waals surface area (Å²) in [5, 5.41) is 0. The summed E-state index contributed by atoms with van der Waals surface area (Å²) < 4.78 is 7.21. The molecule has 0 unspecified atom stereocenters. The number of fused-ring (bicyclic) bond motifs is 5. The average Bonchev–Trinajstić information content (AvgIpc) is 3.33. The molecule has 3 aliphatic carbocycles. The van der Waals surface area contributed by atoms with Gasteiger partial charge in [0.2, 0.25) is 0 Å².